The van der Waals surface area contributed by atoms with Crippen LogP contribution in [0, 0.1) is 11.8 Å². The fraction of sp³-hybridized carbons (Fsp3) is 0.667. The van der Waals surface area contributed by atoms with Crippen LogP contribution in [0.25, 0.3) is 0 Å². The highest BCUT2D eigenvalue weighted by molar-refractivity contribution is 5.22. The summed E-state index contributed by atoms with van der Waals surface area (Å²) >= 11 is 0. The van der Waals surface area contributed by atoms with E-state index >= 15 is 0 Å². The lowest BCUT2D eigenvalue weighted by atomic mass is 9.85. The molecule has 1 N–H and O–H groups in total. The SMILES string of the molecule is CC(C)CNCc1ccc(CN(C)CC2CCC2)cc1. The van der Waals surface area contributed by atoms with Crippen LogP contribution in [0.4, 0.5) is 0 Å². The van der Waals surface area contributed by atoms with Crippen LogP contribution in [0.5, 0.6) is 0 Å². The zero-order valence-corrected chi connectivity index (χ0v) is 13.4. The Morgan fingerprint density at radius 2 is 1.80 bits per heavy atom. The van der Waals surface area contributed by atoms with Gasteiger partial charge in [-0.2, -0.15) is 0 Å². The van der Waals surface area contributed by atoms with Crippen molar-refractivity contribution in [1.29, 1.82) is 0 Å². The van der Waals surface area contributed by atoms with Gasteiger partial charge in [0.15, 0.2) is 0 Å². The smallest absolute Gasteiger partial charge is 0.0230 e. The first-order valence-electron chi connectivity index (χ1n) is 8.10. The van der Waals surface area contributed by atoms with Gasteiger partial charge in [0, 0.05) is 19.6 Å². The molecule has 0 radical (unpaired) electrons. The summed E-state index contributed by atoms with van der Waals surface area (Å²) in [5.74, 6) is 1.67. The van der Waals surface area contributed by atoms with Gasteiger partial charge in [-0.3, -0.25) is 0 Å². The van der Waals surface area contributed by atoms with Crippen molar-refractivity contribution in [3.05, 3.63) is 35.4 Å². The Morgan fingerprint density at radius 3 is 2.35 bits per heavy atom. The highest BCUT2D eigenvalue weighted by atomic mass is 15.1. The van der Waals surface area contributed by atoms with Gasteiger partial charge in [-0.25, -0.2) is 0 Å². The normalized spacial score (nSPS) is 15.8. The fourth-order valence-corrected chi connectivity index (χ4v) is 2.76. The number of rotatable bonds is 8. The summed E-state index contributed by atoms with van der Waals surface area (Å²) in [6.07, 6.45) is 4.31. The van der Waals surface area contributed by atoms with E-state index in [0.29, 0.717) is 0 Å². The summed E-state index contributed by atoms with van der Waals surface area (Å²) in [5, 5.41) is 3.49. The van der Waals surface area contributed by atoms with E-state index in [-0.39, 0.29) is 0 Å². The molecule has 0 aliphatic heterocycles. The van der Waals surface area contributed by atoms with Crippen LogP contribution >= 0.6 is 0 Å². The van der Waals surface area contributed by atoms with Crippen LogP contribution < -0.4 is 5.32 Å². The van der Waals surface area contributed by atoms with Crippen LogP contribution in [0.15, 0.2) is 24.3 Å². The lowest BCUT2D eigenvalue weighted by molar-refractivity contribution is 0.200. The zero-order chi connectivity index (χ0) is 14.4. The number of hydrogen-bond donors (Lipinski definition) is 1. The fourth-order valence-electron chi connectivity index (χ4n) is 2.76. The summed E-state index contributed by atoms with van der Waals surface area (Å²) in [6.45, 7) is 8.90. The predicted octanol–water partition coefficient (Wildman–Crippen LogP) is 3.66. The Balaban J connectivity index is 1.72. The molecule has 1 fully saturated rings. The van der Waals surface area contributed by atoms with Gasteiger partial charge in [0.1, 0.15) is 0 Å². The summed E-state index contributed by atoms with van der Waals surface area (Å²) in [6, 6.07) is 9.09. The predicted molar refractivity (Wildman–Crippen MR) is 86.7 cm³/mol. The van der Waals surface area contributed by atoms with Crippen molar-refractivity contribution in [2.45, 2.75) is 46.2 Å². The first-order chi connectivity index (χ1) is 9.63. The first-order valence-corrected chi connectivity index (χ1v) is 8.10. The van der Waals surface area contributed by atoms with Gasteiger partial charge < -0.3 is 10.2 Å². The Bertz CT molecular complexity index is 379. The van der Waals surface area contributed by atoms with E-state index in [1.165, 1.54) is 36.9 Å². The third-order valence-corrected chi connectivity index (χ3v) is 4.15. The molecule has 20 heavy (non-hydrogen) atoms. The van der Waals surface area contributed by atoms with Crippen molar-refractivity contribution in [2.75, 3.05) is 20.1 Å². The molecule has 0 atom stereocenters. The Labute approximate surface area is 124 Å². The lowest BCUT2D eigenvalue weighted by Gasteiger charge is -2.30. The molecule has 112 valence electrons. The molecule has 0 unspecified atom stereocenters. The maximum Gasteiger partial charge on any atom is 0.0230 e. The van der Waals surface area contributed by atoms with Crippen molar-refractivity contribution >= 4 is 0 Å². The van der Waals surface area contributed by atoms with E-state index in [2.05, 4.69) is 55.4 Å². The van der Waals surface area contributed by atoms with Crippen molar-refractivity contribution in [3.8, 4) is 0 Å². The molecular formula is C18H30N2. The third kappa shape index (κ3) is 5.26. The second kappa shape index (κ2) is 7.80. The van der Waals surface area contributed by atoms with Crippen LogP contribution in [-0.2, 0) is 13.1 Å². The second-order valence-electron chi connectivity index (χ2n) is 6.83. The molecule has 1 saturated carbocycles. The molecule has 2 rings (SSSR count). The minimum atomic E-state index is 0.717. The number of nitrogens with zero attached hydrogens (tertiary/aromatic N) is 1. The molecule has 0 bridgehead atoms. The monoisotopic (exact) mass is 274 g/mol. The van der Waals surface area contributed by atoms with E-state index in [1.54, 1.807) is 0 Å². The van der Waals surface area contributed by atoms with Gasteiger partial charge in [-0.15, -0.1) is 0 Å². The van der Waals surface area contributed by atoms with Gasteiger partial charge >= 0.3 is 0 Å². The quantitative estimate of drug-likeness (QED) is 0.778. The molecule has 2 heteroatoms. The summed E-state index contributed by atoms with van der Waals surface area (Å²) in [5.41, 5.74) is 2.82. The average molecular weight is 274 g/mol. The van der Waals surface area contributed by atoms with Gasteiger partial charge in [-0.05, 0) is 49.4 Å². The maximum absolute atomic E-state index is 3.49. The first kappa shape index (κ1) is 15.5. The van der Waals surface area contributed by atoms with Crippen molar-refractivity contribution < 1.29 is 0 Å². The number of nitrogens with one attached hydrogen (secondary N) is 1. The largest absolute Gasteiger partial charge is 0.312 e. The Kier molecular flexibility index (Phi) is 6.06. The molecule has 0 aromatic heterocycles. The molecule has 0 amide bonds. The topological polar surface area (TPSA) is 15.3 Å². The molecule has 0 heterocycles. The maximum atomic E-state index is 3.49. The summed E-state index contributed by atoms with van der Waals surface area (Å²) in [4.78, 5) is 2.47. The number of benzene rings is 1. The minimum absolute atomic E-state index is 0.717. The van der Waals surface area contributed by atoms with Crippen LogP contribution in [-0.4, -0.2) is 25.0 Å². The lowest BCUT2D eigenvalue weighted by Crippen LogP contribution is -2.29. The highest BCUT2D eigenvalue weighted by Gasteiger charge is 2.18. The van der Waals surface area contributed by atoms with E-state index in [9.17, 15) is 0 Å². The van der Waals surface area contributed by atoms with Gasteiger partial charge in [0.05, 0.1) is 0 Å². The average Bonchev–Trinajstić information content (AvgIpc) is 2.36. The Morgan fingerprint density at radius 1 is 1.15 bits per heavy atom. The van der Waals surface area contributed by atoms with Crippen molar-refractivity contribution in [1.82, 2.24) is 10.2 Å². The van der Waals surface area contributed by atoms with Crippen LogP contribution in [0.3, 0.4) is 0 Å². The minimum Gasteiger partial charge on any atom is -0.312 e. The van der Waals surface area contributed by atoms with E-state index in [4.69, 9.17) is 0 Å². The molecular weight excluding hydrogens is 244 g/mol. The van der Waals surface area contributed by atoms with Crippen LogP contribution in [0.2, 0.25) is 0 Å². The highest BCUT2D eigenvalue weighted by Crippen LogP contribution is 2.27. The standard InChI is InChI=1S/C18H30N2/c1-15(2)11-19-12-16-7-9-18(10-8-16)14-20(3)13-17-5-4-6-17/h7-10,15,17,19H,4-6,11-14H2,1-3H3. The summed E-state index contributed by atoms with van der Waals surface area (Å²) < 4.78 is 0. The van der Waals surface area contributed by atoms with Gasteiger partial charge in [-0.1, -0.05) is 44.5 Å². The van der Waals surface area contributed by atoms with Crippen LogP contribution in [0.1, 0.15) is 44.2 Å². The van der Waals surface area contributed by atoms with Crippen molar-refractivity contribution in [3.63, 3.8) is 0 Å². The van der Waals surface area contributed by atoms with E-state index in [0.717, 1.165) is 31.5 Å². The molecule has 1 aromatic carbocycles. The molecule has 0 spiro atoms. The molecule has 1 aliphatic carbocycles. The molecule has 2 nitrogen and oxygen atoms in total. The van der Waals surface area contributed by atoms with Gasteiger partial charge in [0.2, 0.25) is 0 Å². The number of hydrogen-bond acceptors (Lipinski definition) is 2. The van der Waals surface area contributed by atoms with Gasteiger partial charge in [0.25, 0.3) is 0 Å². The van der Waals surface area contributed by atoms with E-state index in [1.807, 2.05) is 0 Å². The zero-order valence-electron chi connectivity index (χ0n) is 13.4. The molecule has 0 saturated heterocycles. The molecule has 1 aromatic rings. The molecule has 1 aliphatic rings. The Hall–Kier alpha value is -0.860. The summed E-state index contributed by atoms with van der Waals surface area (Å²) in [7, 11) is 2.25. The van der Waals surface area contributed by atoms with E-state index < -0.39 is 0 Å². The van der Waals surface area contributed by atoms with Crippen molar-refractivity contribution in [2.24, 2.45) is 11.8 Å². The second-order valence-corrected chi connectivity index (χ2v) is 6.83. The third-order valence-electron chi connectivity index (χ3n) is 4.15.